The van der Waals surface area contributed by atoms with Crippen molar-refractivity contribution in [3.8, 4) is 5.75 Å². The van der Waals surface area contributed by atoms with Crippen LogP contribution in [-0.4, -0.2) is 42.1 Å². The van der Waals surface area contributed by atoms with E-state index in [9.17, 15) is 9.90 Å². The van der Waals surface area contributed by atoms with Crippen LogP contribution in [0.4, 0.5) is 0 Å². The lowest BCUT2D eigenvalue weighted by atomic mass is 9.94. The Morgan fingerprint density at radius 2 is 2.32 bits per heavy atom. The number of benzene rings is 1. The smallest absolute Gasteiger partial charge is 0.224 e. The van der Waals surface area contributed by atoms with Crippen LogP contribution in [0.15, 0.2) is 24.3 Å². The highest BCUT2D eigenvalue weighted by Gasteiger charge is 2.25. The molecule has 4 nitrogen and oxygen atoms in total. The summed E-state index contributed by atoms with van der Waals surface area (Å²) in [4.78, 5) is 14.3. The maximum Gasteiger partial charge on any atom is 0.224 e. The van der Waals surface area contributed by atoms with E-state index in [1.807, 2.05) is 6.07 Å². The molecule has 0 saturated carbocycles. The van der Waals surface area contributed by atoms with Crippen LogP contribution >= 0.6 is 0 Å². The van der Waals surface area contributed by atoms with Gasteiger partial charge in [0, 0.05) is 12.6 Å². The second-order valence-corrected chi connectivity index (χ2v) is 5.55. The first-order valence-electron chi connectivity index (χ1n) is 6.80. The summed E-state index contributed by atoms with van der Waals surface area (Å²) >= 11 is 0. The van der Waals surface area contributed by atoms with Gasteiger partial charge in [-0.1, -0.05) is 19.1 Å². The van der Waals surface area contributed by atoms with E-state index < -0.39 is 0 Å². The summed E-state index contributed by atoms with van der Waals surface area (Å²) in [5.41, 5.74) is 0.845. The van der Waals surface area contributed by atoms with E-state index in [4.69, 9.17) is 0 Å². The second kappa shape index (κ2) is 6.06. The molecule has 2 unspecified atom stereocenters. The van der Waals surface area contributed by atoms with Crippen LogP contribution in [0.1, 0.15) is 18.9 Å². The number of rotatable bonds is 3. The van der Waals surface area contributed by atoms with Crippen molar-refractivity contribution in [3.05, 3.63) is 29.8 Å². The number of piperidine rings is 1. The molecule has 1 saturated heterocycles. The van der Waals surface area contributed by atoms with Crippen molar-refractivity contribution in [1.82, 2.24) is 10.2 Å². The van der Waals surface area contributed by atoms with Crippen LogP contribution in [0, 0.1) is 5.92 Å². The van der Waals surface area contributed by atoms with Gasteiger partial charge >= 0.3 is 0 Å². The Bertz CT molecular complexity index is 448. The summed E-state index contributed by atoms with van der Waals surface area (Å²) < 4.78 is 0. The Morgan fingerprint density at radius 3 is 3.00 bits per heavy atom. The van der Waals surface area contributed by atoms with E-state index in [1.54, 1.807) is 18.2 Å². The summed E-state index contributed by atoms with van der Waals surface area (Å²) in [6.45, 7) is 4.23. The third kappa shape index (κ3) is 3.96. The molecule has 1 aliphatic heterocycles. The standard InChI is InChI=1S/C15H22N2O2/c1-11-10-17(2)7-6-14(11)16-15(19)9-12-4-3-5-13(18)8-12/h3-5,8,11,14,18H,6-7,9-10H2,1-2H3,(H,16,19). The van der Waals surface area contributed by atoms with Crippen LogP contribution < -0.4 is 5.32 Å². The summed E-state index contributed by atoms with van der Waals surface area (Å²) in [5.74, 6) is 0.719. The molecule has 0 aromatic heterocycles. The van der Waals surface area contributed by atoms with E-state index in [0.29, 0.717) is 12.3 Å². The van der Waals surface area contributed by atoms with Gasteiger partial charge in [-0.3, -0.25) is 4.79 Å². The molecule has 1 aromatic rings. The molecular weight excluding hydrogens is 240 g/mol. The third-order valence-electron chi connectivity index (χ3n) is 3.73. The van der Waals surface area contributed by atoms with Gasteiger partial charge in [0.15, 0.2) is 0 Å². The zero-order chi connectivity index (χ0) is 13.8. The van der Waals surface area contributed by atoms with E-state index in [1.165, 1.54) is 0 Å². The number of carbonyl (C=O) groups excluding carboxylic acids is 1. The van der Waals surface area contributed by atoms with Gasteiger partial charge in [-0.05, 0) is 43.6 Å². The highest BCUT2D eigenvalue weighted by Crippen LogP contribution is 2.16. The number of phenols is 1. The Kier molecular flexibility index (Phi) is 4.43. The Morgan fingerprint density at radius 1 is 1.53 bits per heavy atom. The van der Waals surface area contributed by atoms with Gasteiger partial charge in [-0.2, -0.15) is 0 Å². The molecule has 0 spiro atoms. The lowest BCUT2D eigenvalue weighted by Crippen LogP contribution is -2.49. The molecule has 19 heavy (non-hydrogen) atoms. The molecule has 0 bridgehead atoms. The Labute approximate surface area is 114 Å². The van der Waals surface area contributed by atoms with Gasteiger partial charge in [-0.25, -0.2) is 0 Å². The van der Waals surface area contributed by atoms with E-state index in [0.717, 1.165) is 25.1 Å². The maximum absolute atomic E-state index is 12.0. The number of amides is 1. The molecule has 104 valence electrons. The fourth-order valence-electron chi connectivity index (χ4n) is 2.68. The number of likely N-dealkylation sites (tertiary alicyclic amines) is 1. The predicted octanol–water partition coefficient (Wildman–Crippen LogP) is 1.39. The molecule has 1 aromatic carbocycles. The molecular formula is C15H22N2O2. The molecule has 2 rings (SSSR count). The fraction of sp³-hybridized carbons (Fsp3) is 0.533. The van der Waals surface area contributed by atoms with E-state index in [2.05, 4.69) is 24.2 Å². The highest BCUT2D eigenvalue weighted by atomic mass is 16.3. The molecule has 1 heterocycles. The van der Waals surface area contributed by atoms with Crippen molar-refractivity contribution >= 4 is 5.91 Å². The van der Waals surface area contributed by atoms with Gasteiger partial charge in [0.05, 0.1) is 6.42 Å². The highest BCUT2D eigenvalue weighted by molar-refractivity contribution is 5.79. The Balaban J connectivity index is 1.87. The van der Waals surface area contributed by atoms with Gasteiger partial charge in [0.1, 0.15) is 5.75 Å². The first-order chi connectivity index (χ1) is 9.04. The lowest BCUT2D eigenvalue weighted by molar-refractivity contribution is -0.121. The number of nitrogens with zero attached hydrogens (tertiary/aromatic N) is 1. The minimum atomic E-state index is 0.0343. The monoisotopic (exact) mass is 262 g/mol. The first kappa shape index (κ1) is 13.9. The van der Waals surface area contributed by atoms with Crippen LogP contribution in [0.25, 0.3) is 0 Å². The van der Waals surface area contributed by atoms with Gasteiger partial charge < -0.3 is 15.3 Å². The van der Waals surface area contributed by atoms with Crippen molar-refractivity contribution in [2.75, 3.05) is 20.1 Å². The van der Waals surface area contributed by atoms with E-state index in [-0.39, 0.29) is 17.7 Å². The quantitative estimate of drug-likeness (QED) is 0.865. The van der Waals surface area contributed by atoms with Crippen molar-refractivity contribution in [2.24, 2.45) is 5.92 Å². The Hall–Kier alpha value is -1.55. The molecule has 1 fully saturated rings. The minimum Gasteiger partial charge on any atom is -0.508 e. The topological polar surface area (TPSA) is 52.6 Å². The fourth-order valence-corrected chi connectivity index (χ4v) is 2.68. The van der Waals surface area contributed by atoms with Gasteiger partial charge in [0.25, 0.3) is 0 Å². The summed E-state index contributed by atoms with van der Waals surface area (Å²) in [6, 6.07) is 7.13. The summed E-state index contributed by atoms with van der Waals surface area (Å²) in [7, 11) is 2.11. The van der Waals surface area contributed by atoms with Crippen LogP contribution in [0.5, 0.6) is 5.75 Å². The average molecular weight is 262 g/mol. The van der Waals surface area contributed by atoms with Crippen molar-refractivity contribution < 1.29 is 9.90 Å². The molecule has 0 radical (unpaired) electrons. The molecule has 4 heteroatoms. The molecule has 2 N–H and O–H groups in total. The zero-order valence-corrected chi connectivity index (χ0v) is 11.6. The minimum absolute atomic E-state index is 0.0343. The maximum atomic E-state index is 12.0. The number of carbonyl (C=O) groups is 1. The van der Waals surface area contributed by atoms with Crippen LogP contribution in [0.3, 0.4) is 0 Å². The van der Waals surface area contributed by atoms with Crippen molar-refractivity contribution in [3.63, 3.8) is 0 Å². The number of nitrogens with one attached hydrogen (secondary N) is 1. The molecule has 2 atom stereocenters. The third-order valence-corrected chi connectivity index (χ3v) is 3.73. The molecule has 0 aliphatic carbocycles. The molecule has 1 amide bonds. The SMILES string of the molecule is CC1CN(C)CCC1NC(=O)Cc1cccc(O)c1. The first-order valence-corrected chi connectivity index (χ1v) is 6.80. The summed E-state index contributed by atoms with van der Waals surface area (Å²) in [6.07, 6.45) is 1.33. The second-order valence-electron chi connectivity index (χ2n) is 5.55. The van der Waals surface area contributed by atoms with Crippen LogP contribution in [0.2, 0.25) is 0 Å². The summed E-state index contributed by atoms with van der Waals surface area (Å²) in [5, 5.41) is 12.5. The number of aromatic hydroxyl groups is 1. The normalized spacial score (nSPS) is 24.1. The number of hydrogen-bond acceptors (Lipinski definition) is 3. The molecule has 1 aliphatic rings. The van der Waals surface area contributed by atoms with Gasteiger partial charge in [0.2, 0.25) is 5.91 Å². The number of hydrogen-bond donors (Lipinski definition) is 2. The van der Waals surface area contributed by atoms with Crippen LogP contribution in [-0.2, 0) is 11.2 Å². The average Bonchev–Trinajstić information content (AvgIpc) is 2.33. The van der Waals surface area contributed by atoms with Gasteiger partial charge in [-0.15, -0.1) is 0 Å². The predicted molar refractivity (Wildman–Crippen MR) is 75.0 cm³/mol. The van der Waals surface area contributed by atoms with Crippen molar-refractivity contribution in [2.45, 2.75) is 25.8 Å². The number of phenolic OH excluding ortho intramolecular Hbond substituents is 1. The zero-order valence-electron chi connectivity index (χ0n) is 11.6. The lowest BCUT2D eigenvalue weighted by Gasteiger charge is -2.35. The van der Waals surface area contributed by atoms with Crippen molar-refractivity contribution in [1.29, 1.82) is 0 Å². The largest absolute Gasteiger partial charge is 0.508 e. The van der Waals surface area contributed by atoms with E-state index >= 15 is 0 Å².